The largest absolute Gasteiger partial charge is 0.341 e. The highest BCUT2D eigenvalue weighted by atomic mass is 15.0. The van der Waals surface area contributed by atoms with Crippen LogP contribution in [0.5, 0.6) is 0 Å². The van der Waals surface area contributed by atoms with Crippen molar-refractivity contribution < 1.29 is 1.43 Å². The third-order valence-electron chi connectivity index (χ3n) is 4.42. The zero-order chi connectivity index (χ0) is 21.5. The summed E-state index contributed by atoms with van der Waals surface area (Å²) in [6.07, 6.45) is 6.04. The Kier molecular flexibility index (Phi) is 12.3. The van der Waals surface area contributed by atoms with Crippen LogP contribution in [0.2, 0.25) is 0 Å². The van der Waals surface area contributed by atoms with Crippen molar-refractivity contribution in [2.75, 3.05) is 13.1 Å². The molecule has 29 heavy (non-hydrogen) atoms. The van der Waals surface area contributed by atoms with Gasteiger partial charge in [0, 0.05) is 37.4 Å². The highest BCUT2D eigenvalue weighted by Gasteiger charge is 2.21. The molecule has 0 spiro atoms. The first-order valence-electron chi connectivity index (χ1n) is 11.2. The quantitative estimate of drug-likeness (QED) is 0.504. The molecule has 0 amide bonds. The summed E-state index contributed by atoms with van der Waals surface area (Å²) < 4.78 is 0. The van der Waals surface area contributed by atoms with Gasteiger partial charge in [-0.15, -0.1) is 0 Å². The van der Waals surface area contributed by atoms with Crippen LogP contribution in [0.4, 0.5) is 0 Å². The van der Waals surface area contributed by atoms with Gasteiger partial charge in [0.1, 0.15) is 5.82 Å². The molecule has 4 nitrogen and oxygen atoms in total. The first kappa shape index (κ1) is 24.6. The number of nitrogens with zero attached hydrogens (tertiary/aromatic N) is 2. The Balaban J connectivity index is 0.00000111. The molecule has 1 saturated heterocycles. The lowest BCUT2D eigenvalue weighted by Crippen LogP contribution is -2.28. The highest BCUT2D eigenvalue weighted by molar-refractivity contribution is 5.78. The molecule has 3 aromatic rings. The van der Waals surface area contributed by atoms with E-state index in [1.165, 1.54) is 12.8 Å². The second-order valence-electron chi connectivity index (χ2n) is 5.99. The van der Waals surface area contributed by atoms with Crippen molar-refractivity contribution in [1.82, 2.24) is 20.3 Å². The molecule has 1 unspecified atom stereocenters. The summed E-state index contributed by atoms with van der Waals surface area (Å²) in [7, 11) is 0. The van der Waals surface area contributed by atoms with E-state index < -0.39 is 0 Å². The minimum atomic E-state index is 0. The lowest BCUT2D eigenvalue weighted by atomic mass is 9.99. The minimum Gasteiger partial charge on any atom is -0.341 e. The summed E-state index contributed by atoms with van der Waals surface area (Å²) in [5.41, 5.74) is 4.38. The number of nitrogens with one attached hydrogen (secondary N) is 2. The Morgan fingerprint density at radius 1 is 0.862 bits per heavy atom. The molecule has 1 aromatic carbocycles. The molecular formula is C25H40N4. The predicted molar refractivity (Wildman–Crippen MR) is 128 cm³/mol. The van der Waals surface area contributed by atoms with Gasteiger partial charge in [0.15, 0.2) is 0 Å². The summed E-state index contributed by atoms with van der Waals surface area (Å²) in [6, 6.07) is 14.4. The van der Waals surface area contributed by atoms with Crippen molar-refractivity contribution in [2.24, 2.45) is 0 Å². The SMILES string of the molecule is CC.CC.CC.[HH].c1ccc(-c2nc(C3CCCNC3)[nH]c2-c2ccncc2)cc1. The molecule has 0 bridgehead atoms. The van der Waals surface area contributed by atoms with Crippen LogP contribution in [-0.4, -0.2) is 28.0 Å². The van der Waals surface area contributed by atoms with Gasteiger partial charge in [-0.25, -0.2) is 4.98 Å². The van der Waals surface area contributed by atoms with Crippen molar-refractivity contribution >= 4 is 0 Å². The smallest absolute Gasteiger partial charge is 0.111 e. The molecule has 1 aliphatic rings. The Labute approximate surface area is 178 Å². The average molecular weight is 397 g/mol. The molecule has 0 aliphatic carbocycles. The molecule has 160 valence electrons. The van der Waals surface area contributed by atoms with E-state index in [2.05, 4.69) is 39.6 Å². The van der Waals surface area contributed by atoms with Crippen molar-refractivity contribution in [3.63, 3.8) is 0 Å². The number of pyridine rings is 1. The van der Waals surface area contributed by atoms with Crippen LogP contribution in [0.25, 0.3) is 22.5 Å². The Bertz CT molecular complexity index is 709. The number of piperidine rings is 1. The normalized spacial score (nSPS) is 14.9. The van der Waals surface area contributed by atoms with Gasteiger partial charge in [-0.3, -0.25) is 4.98 Å². The second kappa shape index (κ2) is 14.5. The van der Waals surface area contributed by atoms with E-state index in [4.69, 9.17) is 4.98 Å². The van der Waals surface area contributed by atoms with Crippen LogP contribution >= 0.6 is 0 Å². The second-order valence-corrected chi connectivity index (χ2v) is 5.99. The van der Waals surface area contributed by atoms with Gasteiger partial charge in [0.25, 0.3) is 0 Å². The van der Waals surface area contributed by atoms with Gasteiger partial charge in [-0.2, -0.15) is 0 Å². The van der Waals surface area contributed by atoms with E-state index in [0.29, 0.717) is 5.92 Å². The Hall–Kier alpha value is -2.46. The molecule has 1 atom stereocenters. The number of hydrogen-bond donors (Lipinski definition) is 2. The summed E-state index contributed by atoms with van der Waals surface area (Å²) in [4.78, 5) is 12.7. The van der Waals surface area contributed by atoms with Crippen LogP contribution in [0.3, 0.4) is 0 Å². The van der Waals surface area contributed by atoms with Crippen LogP contribution in [0.1, 0.15) is 67.6 Å². The number of aromatic nitrogens is 3. The summed E-state index contributed by atoms with van der Waals surface area (Å²) in [5.74, 6) is 1.55. The van der Waals surface area contributed by atoms with Crippen molar-refractivity contribution in [3.05, 3.63) is 60.7 Å². The maximum absolute atomic E-state index is 4.96. The van der Waals surface area contributed by atoms with E-state index in [1.807, 2.05) is 72.1 Å². The lowest BCUT2D eigenvalue weighted by molar-refractivity contribution is 0.449. The zero-order valence-electron chi connectivity index (χ0n) is 19.0. The summed E-state index contributed by atoms with van der Waals surface area (Å²) in [5, 5.41) is 3.47. The topological polar surface area (TPSA) is 53.6 Å². The first-order chi connectivity index (χ1) is 14.4. The van der Waals surface area contributed by atoms with E-state index >= 15 is 0 Å². The zero-order valence-corrected chi connectivity index (χ0v) is 19.0. The van der Waals surface area contributed by atoms with Gasteiger partial charge < -0.3 is 10.3 Å². The molecule has 0 saturated carbocycles. The molecule has 4 rings (SSSR count). The fourth-order valence-electron chi connectivity index (χ4n) is 3.20. The average Bonchev–Trinajstić information content (AvgIpc) is 3.30. The maximum Gasteiger partial charge on any atom is 0.111 e. The van der Waals surface area contributed by atoms with Crippen LogP contribution in [0, 0.1) is 0 Å². The Morgan fingerprint density at radius 3 is 2.10 bits per heavy atom. The van der Waals surface area contributed by atoms with E-state index in [-0.39, 0.29) is 1.43 Å². The number of imidazole rings is 1. The van der Waals surface area contributed by atoms with Crippen LogP contribution in [-0.2, 0) is 0 Å². The van der Waals surface area contributed by atoms with Crippen molar-refractivity contribution in [3.8, 4) is 22.5 Å². The van der Waals surface area contributed by atoms with E-state index in [1.54, 1.807) is 0 Å². The Morgan fingerprint density at radius 2 is 1.52 bits per heavy atom. The van der Waals surface area contributed by atoms with E-state index in [9.17, 15) is 0 Å². The van der Waals surface area contributed by atoms with Gasteiger partial charge in [0.2, 0.25) is 0 Å². The fraction of sp³-hybridized carbons (Fsp3) is 0.440. The molecule has 4 heteroatoms. The standard InChI is InChI=1S/C19H20N4.3C2H6.H2/c1-2-5-14(6-3-1)17-18(15-8-11-20-12-9-15)23-19(22-17)16-7-4-10-21-13-16;3*1-2;/h1-3,5-6,8-9,11-12,16,21H,4,7,10,13H2,(H,22,23);3*1-2H3;1H. The molecule has 0 radical (unpaired) electrons. The van der Waals surface area contributed by atoms with Gasteiger partial charge in [0.05, 0.1) is 11.4 Å². The van der Waals surface area contributed by atoms with E-state index in [0.717, 1.165) is 41.4 Å². The molecule has 2 aromatic heterocycles. The molecule has 1 aliphatic heterocycles. The van der Waals surface area contributed by atoms with Crippen LogP contribution in [0.15, 0.2) is 54.9 Å². The van der Waals surface area contributed by atoms with Crippen molar-refractivity contribution in [2.45, 2.75) is 60.3 Å². The third kappa shape index (κ3) is 6.82. The molecule has 2 N–H and O–H groups in total. The highest BCUT2D eigenvalue weighted by Crippen LogP contribution is 2.32. The summed E-state index contributed by atoms with van der Waals surface area (Å²) >= 11 is 0. The monoisotopic (exact) mass is 396 g/mol. The number of H-pyrrole nitrogens is 1. The maximum atomic E-state index is 4.96. The number of aromatic amines is 1. The predicted octanol–water partition coefficient (Wildman–Crippen LogP) is 6.93. The third-order valence-corrected chi connectivity index (χ3v) is 4.42. The van der Waals surface area contributed by atoms with Crippen LogP contribution < -0.4 is 5.32 Å². The first-order valence-corrected chi connectivity index (χ1v) is 11.2. The minimum absolute atomic E-state index is 0. The van der Waals surface area contributed by atoms with Gasteiger partial charge in [-0.1, -0.05) is 71.9 Å². The summed E-state index contributed by atoms with van der Waals surface area (Å²) in [6.45, 7) is 14.1. The van der Waals surface area contributed by atoms with Gasteiger partial charge in [-0.05, 0) is 31.5 Å². The lowest BCUT2D eigenvalue weighted by Gasteiger charge is -2.20. The number of rotatable bonds is 3. The molecule has 1 fully saturated rings. The fourth-order valence-corrected chi connectivity index (χ4v) is 3.20. The molecular weight excluding hydrogens is 356 g/mol. The van der Waals surface area contributed by atoms with Crippen molar-refractivity contribution in [1.29, 1.82) is 0 Å². The number of hydrogen-bond acceptors (Lipinski definition) is 3. The number of benzene rings is 1. The molecule has 3 heterocycles. The van der Waals surface area contributed by atoms with Gasteiger partial charge >= 0.3 is 0 Å².